The number of hydrogen-bond donors (Lipinski definition) is 2. The highest BCUT2D eigenvalue weighted by atomic mass is 35.5. The molecule has 2 aromatic rings. The van der Waals surface area contributed by atoms with Crippen LogP contribution in [0.4, 0.5) is 0 Å². The minimum atomic E-state index is -0.702. The van der Waals surface area contributed by atoms with E-state index in [9.17, 15) is 14.4 Å². The number of aromatic nitrogens is 2. The van der Waals surface area contributed by atoms with Crippen LogP contribution in [0.5, 0.6) is 0 Å². The van der Waals surface area contributed by atoms with Gasteiger partial charge in [-0.05, 0) is 32.0 Å². The maximum absolute atomic E-state index is 12.4. The molecule has 1 aromatic heterocycles. The van der Waals surface area contributed by atoms with Crippen LogP contribution in [0.2, 0.25) is 5.02 Å². The zero-order valence-electron chi connectivity index (χ0n) is 13.0. The van der Waals surface area contributed by atoms with Crippen LogP contribution in [0.25, 0.3) is 10.9 Å². The van der Waals surface area contributed by atoms with Crippen LogP contribution in [0.1, 0.15) is 24.3 Å². The Bertz CT molecular complexity index is 829. The molecule has 0 aliphatic carbocycles. The molecule has 0 saturated carbocycles. The number of nitrogens with one attached hydrogen (secondary N) is 2. The van der Waals surface area contributed by atoms with E-state index in [0.29, 0.717) is 15.9 Å². The molecule has 23 heavy (non-hydrogen) atoms. The second kappa shape index (κ2) is 6.78. The number of fused-ring (bicyclic) bond motifs is 1. The standard InChI is InChI=1S/C15H17ClN4O3/c1-8(2)18-12(21)7-17-15(23)13-14(22)10-6-9(16)4-5-11(10)20(3)19-13/h4-6,8H,7H2,1-3H3,(H,17,23)(H,18,21). The van der Waals surface area contributed by atoms with Gasteiger partial charge in [0.25, 0.3) is 5.91 Å². The fourth-order valence-corrected chi connectivity index (χ4v) is 2.29. The van der Waals surface area contributed by atoms with Gasteiger partial charge >= 0.3 is 0 Å². The molecule has 7 nitrogen and oxygen atoms in total. The maximum atomic E-state index is 12.4. The second-order valence-electron chi connectivity index (χ2n) is 5.37. The summed E-state index contributed by atoms with van der Waals surface area (Å²) in [6.07, 6.45) is 0. The number of amides is 2. The molecule has 8 heteroatoms. The highest BCUT2D eigenvalue weighted by Gasteiger charge is 2.17. The van der Waals surface area contributed by atoms with Gasteiger partial charge in [0, 0.05) is 18.1 Å². The Labute approximate surface area is 137 Å². The van der Waals surface area contributed by atoms with E-state index in [0.717, 1.165) is 0 Å². The summed E-state index contributed by atoms with van der Waals surface area (Å²) in [4.78, 5) is 36.1. The summed E-state index contributed by atoms with van der Waals surface area (Å²) < 4.78 is 1.43. The molecule has 2 N–H and O–H groups in total. The van der Waals surface area contributed by atoms with Crippen molar-refractivity contribution < 1.29 is 9.59 Å². The predicted octanol–water partition coefficient (Wildman–Crippen LogP) is 0.841. The van der Waals surface area contributed by atoms with E-state index in [1.54, 1.807) is 19.2 Å². The van der Waals surface area contributed by atoms with Crippen molar-refractivity contribution >= 4 is 34.3 Å². The van der Waals surface area contributed by atoms with Gasteiger partial charge in [-0.3, -0.25) is 19.1 Å². The number of carbonyl (C=O) groups is 2. The highest BCUT2D eigenvalue weighted by Crippen LogP contribution is 2.15. The quantitative estimate of drug-likeness (QED) is 0.865. The zero-order valence-corrected chi connectivity index (χ0v) is 13.8. The van der Waals surface area contributed by atoms with Crippen molar-refractivity contribution in [2.45, 2.75) is 19.9 Å². The van der Waals surface area contributed by atoms with Gasteiger partial charge in [0.15, 0.2) is 5.69 Å². The topological polar surface area (TPSA) is 93.1 Å². The lowest BCUT2D eigenvalue weighted by molar-refractivity contribution is -0.120. The molecule has 0 unspecified atom stereocenters. The fourth-order valence-electron chi connectivity index (χ4n) is 2.11. The Morgan fingerprint density at radius 2 is 2.04 bits per heavy atom. The van der Waals surface area contributed by atoms with Gasteiger partial charge in [0.05, 0.1) is 17.4 Å². The molecule has 1 aromatic carbocycles. The predicted molar refractivity (Wildman–Crippen MR) is 87.6 cm³/mol. The fraction of sp³-hybridized carbons (Fsp3) is 0.333. The van der Waals surface area contributed by atoms with Crippen LogP contribution >= 0.6 is 11.6 Å². The molecule has 2 amide bonds. The third kappa shape index (κ3) is 3.87. The van der Waals surface area contributed by atoms with Gasteiger partial charge < -0.3 is 10.6 Å². The average Bonchev–Trinajstić information content (AvgIpc) is 2.47. The largest absolute Gasteiger partial charge is 0.352 e. The molecule has 0 radical (unpaired) electrons. The van der Waals surface area contributed by atoms with E-state index in [1.165, 1.54) is 10.7 Å². The minimum Gasteiger partial charge on any atom is -0.352 e. The number of halogens is 1. The first-order chi connectivity index (χ1) is 10.8. The van der Waals surface area contributed by atoms with Crippen molar-refractivity contribution in [3.8, 4) is 0 Å². The molecule has 2 rings (SSSR count). The summed E-state index contributed by atoms with van der Waals surface area (Å²) in [6.45, 7) is 3.39. The van der Waals surface area contributed by atoms with Gasteiger partial charge in [0.1, 0.15) is 0 Å². The van der Waals surface area contributed by atoms with Crippen molar-refractivity contribution in [2.75, 3.05) is 6.54 Å². The van der Waals surface area contributed by atoms with Crippen LogP contribution in [-0.2, 0) is 11.8 Å². The van der Waals surface area contributed by atoms with E-state index < -0.39 is 11.3 Å². The van der Waals surface area contributed by atoms with E-state index in [2.05, 4.69) is 15.7 Å². The molecule has 122 valence electrons. The smallest absolute Gasteiger partial charge is 0.276 e. The summed E-state index contributed by atoms with van der Waals surface area (Å²) >= 11 is 5.90. The Balaban J connectivity index is 2.29. The van der Waals surface area contributed by atoms with Gasteiger partial charge in [0.2, 0.25) is 11.3 Å². The van der Waals surface area contributed by atoms with Gasteiger partial charge in [-0.2, -0.15) is 5.10 Å². The normalized spacial score (nSPS) is 10.8. The average molecular weight is 337 g/mol. The molecule has 0 atom stereocenters. The Kier molecular flexibility index (Phi) is 5.00. The van der Waals surface area contributed by atoms with Crippen molar-refractivity contribution in [1.29, 1.82) is 0 Å². The lowest BCUT2D eigenvalue weighted by atomic mass is 10.2. The SMILES string of the molecule is CC(C)NC(=O)CNC(=O)c1nn(C)c2ccc(Cl)cc2c1=O. The van der Waals surface area contributed by atoms with Crippen molar-refractivity contribution in [3.05, 3.63) is 39.1 Å². The minimum absolute atomic E-state index is 0.0341. The van der Waals surface area contributed by atoms with Gasteiger partial charge in [-0.25, -0.2) is 0 Å². The molecule has 0 bridgehead atoms. The van der Waals surface area contributed by atoms with Gasteiger partial charge in [-0.1, -0.05) is 11.6 Å². The zero-order chi connectivity index (χ0) is 17.1. The molecular formula is C15H17ClN4O3. The van der Waals surface area contributed by atoms with E-state index in [-0.39, 0.29) is 24.2 Å². The highest BCUT2D eigenvalue weighted by molar-refractivity contribution is 6.31. The number of carbonyl (C=O) groups excluding carboxylic acids is 2. The number of benzene rings is 1. The molecule has 0 fully saturated rings. The van der Waals surface area contributed by atoms with Crippen molar-refractivity contribution in [1.82, 2.24) is 20.4 Å². The third-order valence-electron chi connectivity index (χ3n) is 3.09. The van der Waals surface area contributed by atoms with Crippen LogP contribution < -0.4 is 16.1 Å². The van der Waals surface area contributed by atoms with E-state index >= 15 is 0 Å². The Morgan fingerprint density at radius 1 is 1.35 bits per heavy atom. The monoisotopic (exact) mass is 336 g/mol. The molecule has 0 spiro atoms. The van der Waals surface area contributed by atoms with E-state index in [1.807, 2.05) is 13.8 Å². The number of aryl methyl sites for hydroxylation is 1. The molecule has 0 aliphatic rings. The second-order valence-corrected chi connectivity index (χ2v) is 5.80. The van der Waals surface area contributed by atoms with Crippen LogP contribution in [-0.4, -0.2) is 34.2 Å². The maximum Gasteiger partial charge on any atom is 0.276 e. The van der Waals surface area contributed by atoms with Crippen molar-refractivity contribution in [2.24, 2.45) is 7.05 Å². The van der Waals surface area contributed by atoms with E-state index in [4.69, 9.17) is 11.6 Å². The summed E-state index contributed by atoms with van der Waals surface area (Å²) in [5.41, 5.74) is -0.240. The summed E-state index contributed by atoms with van der Waals surface area (Å²) in [6, 6.07) is 4.75. The third-order valence-corrected chi connectivity index (χ3v) is 3.33. The number of rotatable bonds is 4. The van der Waals surface area contributed by atoms with Crippen LogP contribution in [0.3, 0.4) is 0 Å². The Morgan fingerprint density at radius 3 is 2.70 bits per heavy atom. The lowest BCUT2D eigenvalue weighted by Gasteiger charge is -2.10. The first-order valence-corrected chi connectivity index (χ1v) is 7.41. The number of nitrogens with zero attached hydrogens (tertiary/aromatic N) is 2. The summed E-state index contributed by atoms with van der Waals surface area (Å²) in [5.74, 6) is -1.04. The molecule has 0 aliphatic heterocycles. The molecule has 1 heterocycles. The van der Waals surface area contributed by atoms with Crippen LogP contribution in [0.15, 0.2) is 23.0 Å². The lowest BCUT2D eigenvalue weighted by Crippen LogP contribution is -2.41. The molecule has 0 saturated heterocycles. The summed E-state index contributed by atoms with van der Waals surface area (Å²) in [7, 11) is 1.62. The van der Waals surface area contributed by atoms with Gasteiger partial charge in [-0.15, -0.1) is 0 Å². The molecular weight excluding hydrogens is 320 g/mol. The van der Waals surface area contributed by atoms with Crippen LogP contribution in [0, 0.1) is 0 Å². The first-order valence-electron chi connectivity index (χ1n) is 7.03. The number of hydrogen-bond acceptors (Lipinski definition) is 4. The first kappa shape index (κ1) is 17.0. The Hall–Kier alpha value is -2.41. The van der Waals surface area contributed by atoms with Crippen molar-refractivity contribution in [3.63, 3.8) is 0 Å². The summed E-state index contributed by atoms with van der Waals surface area (Å²) in [5, 5.41) is 9.71.